The van der Waals surface area contributed by atoms with Crippen LogP contribution in [0.3, 0.4) is 0 Å². The zero-order valence-electron chi connectivity index (χ0n) is 19.7. The van der Waals surface area contributed by atoms with Gasteiger partial charge < -0.3 is 18.9 Å². The number of fused-ring (bicyclic) bond motifs is 1. The van der Waals surface area contributed by atoms with Gasteiger partial charge in [-0.05, 0) is 49.1 Å². The second-order valence-electron chi connectivity index (χ2n) is 9.33. The molecule has 3 heterocycles. The lowest BCUT2D eigenvalue weighted by Crippen LogP contribution is -2.51. The Morgan fingerprint density at radius 1 is 1.14 bits per heavy atom. The van der Waals surface area contributed by atoms with Crippen LogP contribution in [0.1, 0.15) is 30.5 Å². The Bertz CT molecular complexity index is 1380. The Morgan fingerprint density at radius 2 is 1.94 bits per heavy atom. The Morgan fingerprint density at radius 3 is 2.67 bits per heavy atom. The SMILES string of the molecule is Cn1c(=O)cc(N2CC[C@@H](Oc3cccc(C(F)(F)F)c3)[C@H](OCC3CC3)C2)c2nc(C#N)ccc21. The first kappa shape index (κ1) is 24.1. The molecule has 1 saturated heterocycles. The van der Waals surface area contributed by atoms with Crippen LogP contribution >= 0.6 is 0 Å². The summed E-state index contributed by atoms with van der Waals surface area (Å²) in [6, 6.07) is 11.7. The maximum Gasteiger partial charge on any atom is 0.416 e. The van der Waals surface area contributed by atoms with Crippen molar-refractivity contribution in [2.75, 3.05) is 24.6 Å². The third-order valence-corrected chi connectivity index (χ3v) is 6.71. The molecule has 0 unspecified atom stereocenters. The lowest BCUT2D eigenvalue weighted by atomic mass is 10.0. The second kappa shape index (κ2) is 9.47. The van der Waals surface area contributed by atoms with Gasteiger partial charge in [0.15, 0.2) is 0 Å². The first-order valence-electron chi connectivity index (χ1n) is 11.8. The minimum absolute atomic E-state index is 0.141. The molecular weight excluding hydrogens is 473 g/mol. The van der Waals surface area contributed by atoms with Crippen LogP contribution in [-0.4, -0.2) is 41.5 Å². The number of nitriles is 1. The van der Waals surface area contributed by atoms with E-state index < -0.39 is 23.9 Å². The number of rotatable bonds is 6. The van der Waals surface area contributed by atoms with Gasteiger partial charge in [0.1, 0.15) is 35.2 Å². The number of hydrogen-bond donors (Lipinski definition) is 0. The molecule has 2 fully saturated rings. The fraction of sp³-hybridized carbons (Fsp3) is 0.423. The number of pyridine rings is 2. The van der Waals surface area contributed by atoms with E-state index in [4.69, 9.17) is 9.47 Å². The van der Waals surface area contributed by atoms with Gasteiger partial charge in [0.2, 0.25) is 0 Å². The Balaban J connectivity index is 1.43. The van der Waals surface area contributed by atoms with E-state index in [1.54, 1.807) is 19.2 Å². The Kier molecular flexibility index (Phi) is 6.35. The van der Waals surface area contributed by atoms with Crippen LogP contribution in [0.5, 0.6) is 5.75 Å². The molecule has 2 atom stereocenters. The molecule has 0 spiro atoms. The molecule has 1 saturated carbocycles. The predicted octanol–water partition coefficient (Wildman–Crippen LogP) is 4.28. The summed E-state index contributed by atoms with van der Waals surface area (Å²) in [5.41, 5.74) is 1.01. The maximum atomic E-state index is 13.2. The predicted molar refractivity (Wildman–Crippen MR) is 127 cm³/mol. The van der Waals surface area contributed by atoms with Gasteiger partial charge in [-0.3, -0.25) is 4.79 Å². The average Bonchev–Trinajstić information content (AvgIpc) is 3.69. The topological polar surface area (TPSA) is 80.4 Å². The Labute approximate surface area is 205 Å². The highest BCUT2D eigenvalue weighted by Gasteiger charge is 2.36. The lowest BCUT2D eigenvalue weighted by molar-refractivity contribution is -0.137. The number of piperidine rings is 1. The number of aromatic nitrogens is 2. The lowest BCUT2D eigenvalue weighted by Gasteiger charge is -2.39. The highest BCUT2D eigenvalue weighted by molar-refractivity contribution is 5.88. The molecule has 0 N–H and O–H groups in total. The highest BCUT2D eigenvalue weighted by Crippen LogP contribution is 2.34. The largest absolute Gasteiger partial charge is 0.488 e. The molecule has 1 aromatic carbocycles. The van der Waals surface area contributed by atoms with Crippen LogP contribution in [0.25, 0.3) is 11.0 Å². The van der Waals surface area contributed by atoms with Gasteiger partial charge in [0, 0.05) is 32.6 Å². The normalized spacial score (nSPS) is 20.4. The molecule has 0 amide bonds. The third kappa shape index (κ3) is 5.02. The summed E-state index contributed by atoms with van der Waals surface area (Å²) < 4.78 is 53.3. The number of benzene rings is 1. The number of nitrogens with zero attached hydrogens (tertiary/aromatic N) is 4. The summed E-state index contributed by atoms with van der Waals surface area (Å²) in [5, 5.41) is 9.34. The average molecular weight is 499 g/mol. The standard InChI is InChI=1S/C26H25F3N4O3/c1-32-20-8-7-18(13-30)31-25(20)21(12-24(32)34)33-10-9-22(23(14-33)35-15-16-5-6-16)36-19-4-2-3-17(11-19)26(27,28)29/h2-4,7-8,11-12,16,22-23H,5-6,9-10,14-15H2,1H3/t22-,23-/m1/s1. The van der Waals surface area contributed by atoms with Gasteiger partial charge >= 0.3 is 6.18 Å². The molecule has 5 rings (SSSR count). The van der Waals surface area contributed by atoms with Crippen LogP contribution in [0, 0.1) is 17.2 Å². The van der Waals surface area contributed by atoms with Crippen molar-refractivity contribution in [3.63, 3.8) is 0 Å². The Hall–Kier alpha value is -3.58. The van der Waals surface area contributed by atoms with Gasteiger partial charge in [0.25, 0.3) is 5.56 Å². The molecule has 2 aliphatic rings. The summed E-state index contributed by atoms with van der Waals surface area (Å²) in [4.78, 5) is 19.1. The van der Waals surface area contributed by atoms with Crippen LogP contribution in [-0.2, 0) is 18.0 Å². The molecule has 36 heavy (non-hydrogen) atoms. The van der Waals surface area contributed by atoms with Crippen molar-refractivity contribution in [1.82, 2.24) is 9.55 Å². The minimum Gasteiger partial charge on any atom is -0.488 e. The smallest absolute Gasteiger partial charge is 0.416 e. The van der Waals surface area contributed by atoms with E-state index in [1.807, 2.05) is 11.0 Å². The quantitative estimate of drug-likeness (QED) is 0.505. The maximum absolute atomic E-state index is 13.2. The summed E-state index contributed by atoms with van der Waals surface area (Å²) in [6.45, 7) is 1.40. The molecule has 7 nitrogen and oxygen atoms in total. The van der Waals surface area contributed by atoms with Crippen molar-refractivity contribution in [1.29, 1.82) is 5.26 Å². The molecule has 188 valence electrons. The monoisotopic (exact) mass is 498 g/mol. The first-order valence-corrected chi connectivity index (χ1v) is 11.8. The summed E-state index contributed by atoms with van der Waals surface area (Å²) >= 11 is 0. The van der Waals surface area contributed by atoms with Gasteiger partial charge in [-0.2, -0.15) is 18.4 Å². The molecular formula is C26H25F3N4O3. The fourth-order valence-corrected chi connectivity index (χ4v) is 4.49. The van der Waals surface area contributed by atoms with E-state index in [0.717, 1.165) is 25.0 Å². The van der Waals surface area contributed by atoms with Crippen LogP contribution in [0.2, 0.25) is 0 Å². The third-order valence-electron chi connectivity index (χ3n) is 6.71. The number of halogens is 3. The highest BCUT2D eigenvalue weighted by atomic mass is 19.4. The van der Waals surface area contributed by atoms with E-state index in [-0.39, 0.29) is 17.0 Å². The zero-order chi connectivity index (χ0) is 25.4. The second-order valence-corrected chi connectivity index (χ2v) is 9.33. The van der Waals surface area contributed by atoms with Crippen LogP contribution in [0.4, 0.5) is 18.9 Å². The molecule has 10 heteroatoms. The van der Waals surface area contributed by atoms with E-state index >= 15 is 0 Å². The van der Waals surface area contributed by atoms with Crippen LogP contribution < -0.4 is 15.2 Å². The zero-order valence-corrected chi connectivity index (χ0v) is 19.7. The molecule has 3 aromatic rings. The fourth-order valence-electron chi connectivity index (χ4n) is 4.49. The van der Waals surface area contributed by atoms with Crippen molar-refractivity contribution >= 4 is 16.7 Å². The van der Waals surface area contributed by atoms with Crippen molar-refractivity contribution in [3.05, 3.63) is 64.1 Å². The van der Waals surface area contributed by atoms with Crippen molar-refractivity contribution in [2.45, 2.75) is 37.6 Å². The number of alkyl halides is 3. The molecule has 0 radical (unpaired) electrons. The number of hydrogen-bond acceptors (Lipinski definition) is 6. The first-order chi connectivity index (χ1) is 17.2. The van der Waals surface area contributed by atoms with Gasteiger partial charge in [-0.15, -0.1) is 0 Å². The number of ether oxygens (including phenoxy) is 2. The number of aryl methyl sites for hydroxylation is 1. The van der Waals surface area contributed by atoms with E-state index in [1.165, 1.54) is 22.8 Å². The molecule has 1 aliphatic carbocycles. The van der Waals surface area contributed by atoms with E-state index in [9.17, 15) is 23.2 Å². The van der Waals surface area contributed by atoms with Crippen LogP contribution in [0.15, 0.2) is 47.3 Å². The van der Waals surface area contributed by atoms with E-state index in [0.29, 0.717) is 48.8 Å². The van der Waals surface area contributed by atoms with E-state index in [2.05, 4.69) is 4.98 Å². The van der Waals surface area contributed by atoms with Gasteiger partial charge in [0.05, 0.1) is 23.4 Å². The van der Waals surface area contributed by atoms with Gasteiger partial charge in [-0.1, -0.05) is 6.07 Å². The molecule has 1 aliphatic heterocycles. The number of anilines is 1. The summed E-state index contributed by atoms with van der Waals surface area (Å²) in [6.07, 6.45) is -2.68. The van der Waals surface area contributed by atoms with Crippen molar-refractivity contribution in [3.8, 4) is 11.8 Å². The minimum atomic E-state index is -4.46. The summed E-state index contributed by atoms with van der Waals surface area (Å²) in [5.74, 6) is 0.627. The van der Waals surface area contributed by atoms with Crippen molar-refractivity contribution < 1.29 is 22.6 Å². The molecule has 2 aromatic heterocycles. The van der Waals surface area contributed by atoms with Crippen molar-refractivity contribution in [2.24, 2.45) is 13.0 Å². The van der Waals surface area contributed by atoms with Gasteiger partial charge in [-0.25, -0.2) is 4.98 Å². The molecule has 0 bridgehead atoms. The summed E-state index contributed by atoms with van der Waals surface area (Å²) in [7, 11) is 1.65.